The van der Waals surface area contributed by atoms with E-state index in [4.69, 9.17) is 0 Å². The highest BCUT2D eigenvalue weighted by atomic mass is 19.1. The van der Waals surface area contributed by atoms with Gasteiger partial charge in [-0.3, -0.25) is 4.79 Å². The number of likely N-dealkylation sites (tertiary alicyclic amines) is 1. The summed E-state index contributed by atoms with van der Waals surface area (Å²) >= 11 is 0. The lowest BCUT2D eigenvalue weighted by Gasteiger charge is -2.36. The van der Waals surface area contributed by atoms with Crippen molar-refractivity contribution in [1.82, 2.24) is 30.1 Å². The van der Waals surface area contributed by atoms with Gasteiger partial charge in [0.05, 0.1) is 11.4 Å². The van der Waals surface area contributed by atoms with Gasteiger partial charge in [-0.1, -0.05) is 5.21 Å². The molecular weight excluding hydrogens is 373 g/mol. The lowest BCUT2D eigenvalue weighted by molar-refractivity contribution is 0.0706. The Labute approximate surface area is 168 Å². The number of hydrogen-bond acceptors (Lipinski definition) is 6. The van der Waals surface area contributed by atoms with Crippen LogP contribution in [0.15, 0.2) is 42.6 Å². The molecule has 0 atom stereocenters. The van der Waals surface area contributed by atoms with Gasteiger partial charge in [0, 0.05) is 32.4 Å². The molecule has 0 spiro atoms. The van der Waals surface area contributed by atoms with E-state index in [1.54, 1.807) is 29.9 Å². The lowest BCUT2D eigenvalue weighted by Crippen LogP contribution is -2.46. The number of halogens is 1. The molecule has 4 rings (SSSR count). The average molecular weight is 395 g/mol. The zero-order chi connectivity index (χ0) is 20.4. The van der Waals surface area contributed by atoms with Gasteiger partial charge in [0.2, 0.25) is 0 Å². The number of carbonyl (C=O) groups is 1. The normalized spacial score (nSPS) is 14.8. The maximum Gasteiger partial charge on any atom is 0.276 e. The van der Waals surface area contributed by atoms with E-state index in [9.17, 15) is 9.18 Å². The summed E-state index contributed by atoms with van der Waals surface area (Å²) in [4.78, 5) is 16.9. The van der Waals surface area contributed by atoms with E-state index in [-0.39, 0.29) is 11.7 Å². The van der Waals surface area contributed by atoms with Gasteiger partial charge in [-0.25, -0.2) is 9.07 Å². The van der Waals surface area contributed by atoms with Crippen molar-refractivity contribution in [3.8, 4) is 5.69 Å². The molecule has 1 aliphatic rings. The summed E-state index contributed by atoms with van der Waals surface area (Å²) in [6.45, 7) is 3.07. The molecule has 1 fully saturated rings. The topological polar surface area (TPSA) is 80.0 Å². The van der Waals surface area contributed by atoms with Crippen LogP contribution in [-0.2, 0) is 0 Å². The van der Waals surface area contributed by atoms with Gasteiger partial charge < -0.3 is 9.80 Å². The molecule has 0 radical (unpaired) electrons. The summed E-state index contributed by atoms with van der Waals surface area (Å²) in [5.74, 6) is 0.379. The first kappa shape index (κ1) is 19.0. The van der Waals surface area contributed by atoms with E-state index >= 15 is 0 Å². The summed E-state index contributed by atoms with van der Waals surface area (Å²) < 4.78 is 14.7. The van der Waals surface area contributed by atoms with Crippen LogP contribution in [0.25, 0.3) is 5.69 Å². The van der Waals surface area contributed by atoms with Crippen molar-refractivity contribution in [2.45, 2.75) is 25.8 Å². The van der Waals surface area contributed by atoms with Crippen molar-refractivity contribution < 1.29 is 9.18 Å². The van der Waals surface area contributed by atoms with Gasteiger partial charge in [-0.15, -0.1) is 10.2 Å². The molecule has 2 aromatic heterocycles. The Bertz CT molecular complexity index is 982. The van der Waals surface area contributed by atoms with E-state index in [1.165, 1.54) is 12.1 Å². The van der Waals surface area contributed by atoms with Crippen molar-refractivity contribution in [2.24, 2.45) is 0 Å². The second kappa shape index (κ2) is 7.94. The highest BCUT2D eigenvalue weighted by molar-refractivity contribution is 5.93. The largest absolute Gasteiger partial charge is 0.355 e. The maximum absolute atomic E-state index is 13.2. The number of rotatable bonds is 4. The van der Waals surface area contributed by atoms with Crippen LogP contribution in [0.1, 0.15) is 29.0 Å². The molecule has 1 saturated heterocycles. The average Bonchev–Trinajstić information content (AvgIpc) is 3.15. The molecule has 1 aromatic carbocycles. The first-order valence-electron chi connectivity index (χ1n) is 9.52. The molecule has 150 valence electrons. The van der Waals surface area contributed by atoms with Crippen LogP contribution in [0.2, 0.25) is 0 Å². The number of benzene rings is 1. The van der Waals surface area contributed by atoms with Crippen LogP contribution in [0.5, 0.6) is 0 Å². The van der Waals surface area contributed by atoms with Gasteiger partial charge in [-0.05, 0) is 56.2 Å². The van der Waals surface area contributed by atoms with Crippen LogP contribution in [0.3, 0.4) is 0 Å². The van der Waals surface area contributed by atoms with Crippen molar-refractivity contribution in [3.05, 3.63) is 59.8 Å². The van der Waals surface area contributed by atoms with Crippen molar-refractivity contribution in [3.63, 3.8) is 0 Å². The molecule has 3 aromatic rings. The number of amides is 1. The van der Waals surface area contributed by atoms with Crippen LogP contribution in [-0.4, -0.2) is 62.2 Å². The van der Waals surface area contributed by atoms with Gasteiger partial charge in [0.15, 0.2) is 11.5 Å². The second-order valence-electron chi connectivity index (χ2n) is 7.13. The van der Waals surface area contributed by atoms with Crippen molar-refractivity contribution in [2.75, 3.05) is 25.0 Å². The third-order valence-corrected chi connectivity index (χ3v) is 5.39. The number of nitrogens with zero attached hydrogens (tertiary/aromatic N) is 7. The quantitative estimate of drug-likeness (QED) is 0.674. The summed E-state index contributed by atoms with van der Waals surface area (Å²) in [5.41, 5.74) is 1.63. The van der Waals surface area contributed by atoms with E-state index in [2.05, 4.69) is 25.4 Å². The minimum absolute atomic E-state index is 0.128. The van der Waals surface area contributed by atoms with E-state index in [1.807, 2.05) is 24.1 Å². The summed E-state index contributed by atoms with van der Waals surface area (Å²) in [6.07, 6.45) is 3.33. The molecule has 0 aliphatic carbocycles. The Kier molecular flexibility index (Phi) is 5.20. The zero-order valence-electron chi connectivity index (χ0n) is 16.4. The summed E-state index contributed by atoms with van der Waals surface area (Å²) in [5, 5.41) is 16.3. The molecule has 29 heavy (non-hydrogen) atoms. The smallest absolute Gasteiger partial charge is 0.276 e. The molecule has 0 unspecified atom stereocenters. The minimum atomic E-state index is -0.322. The first-order valence-corrected chi connectivity index (χ1v) is 9.52. The Morgan fingerprint density at radius 1 is 1.14 bits per heavy atom. The number of carbonyl (C=O) groups excluding carboxylic acids is 1. The number of hydrogen-bond donors (Lipinski definition) is 0. The third-order valence-electron chi connectivity index (χ3n) is 5.39. The van der Waals surface area contributed by atoms with Gasteiger partial charge in [0.1, 0.15) is 5.82 Å². The van der Waals surface area contributed by atoms with E-state index < -0.39 is 0 Å². The van der Waals surface area contributed by atoms with E-state index in [0.29, 0.717) is 36.2 Å². The van der Waals surface area contributed by atoms with Crippen LogP contribution in [0, 0.1) is 12.7 Å². The van der Waals surface area contributed by atoms with Gasteiger partial charge in [-0.2, -0.15) is 5.10 Å². The van der Waals surface area contributed by atoms with Crippen molar-refractivity contribution >= 4 is 11.7 Å². The van der Waals surface area contributed by atoms with Gasteiger partial charge in [0.25, 0.3) is 5.91 Å². The SMILES string of the molecule is Cc1c(C(=O)N2CCC(N(C)c3cccnn3)CC2)nnn1-c1ccc(F)cc1. The fourth-order valence-electron chi connectivity index (χ4n) is 3.63. The molecule has 8 nitrogen and oxygen atoms in total. The highest BCUT2D eigenvalue weighted by Gasteiger charge is 2.29. The molecule has 3 heterocycles. The number of aromatic nitrogens is 5. The van der Waals surface area contributed by atoms with E-state index in [0.717, 1.165) is 18.7 Å². The minimum Gasteiger partial charge on any atom is -0.355 e. The fourth-order valence-corrected chi connectivity index (χ4v) is 3.63. The maximum atomic E-state index is 13.2. The molecule has 1 amide bonds. The van der Waals surface area contributed by atoms with Crippen LogP contribution in [0.4, 0.5) is 10.2 Å². The number of piperidine rings is 1. The predicted octanol–water partition coefficient (Wildman–Crippen LogP) is 2.25. The number of anilines is 1. The monoisotopic (exact) mass is 395 g/mol. The third kappa shape index (κ3) is 3.80. The molecule has 0 N–H and O–H groups in total. The summed E-state index contributed by atoms with van der Waals surface area (Å²) in [7, 11) is 2.00. The molecule has 0 saturated carbocycles. The van der Waals surface area contributed by atoms with Crippen molar-refractivity contribution in [1.29, 1.82) is 0 Å². The lowest BCUT2D eigenvalue weighted by atomic mass is 10.0. The molecule has 9 heteroatoms. The highest BCUT2D eigenvalue weighted by Crippen LogP contribution is 2.22. The first-order chi connectivity index (χ1) is 14.0. The Morgan fingerprint density at radius 3 is 2.52 bits per heavy atom. The Morgan fingerprint density at radius 2 is 1.86 bits per heavy atom. The fraction of sp³-hybridized carbons (Fsp3) is 0.350. The molecular formula is C20H22FN7O. The predicted molar refractivity (Wildman–Crippen MR) is 105 cm³/mol. The second-order valence-corrected chi connectivity index (χ2v) is 7.13. The van der Waals surface area contributed by atoms with Crippen LogP contribution >= 0.6 is 0 Å². The molecule has 0 bridgehead atoms. The Balaban J connectivity index is 1.43. The zero-order valence-corrected chi connectivity index (χ0v) is 16.4. The van der Waals surface area contributed by atoms with Crippen LogP contribution < -0.4 is 4.90 Å². The summed E-state index contributed by atoms with van der Waals surface area (Å²) in [6, 6.07) is 10.0. The molecule has 1 aliphatic heterocycles. The van der Waals surface area contributed by atoms with Gasteiger partial charge >= 0.3 is 0 Å². The standard InChI is InChI=1S/C20H22FN7O/c1-14-19(24-25-28(14)17-7-5-15(21)6-8-17)20(29)27-12-9-16(10-13-27)26(2)18-4-3-11-22-23-18/h3-8,11,16H,9-10,12-13H2,1-2H3. The Hall–Kier alpha value is -3.36.